The Morgan fingerprint density at radius 3 is 2.30 bits per heavy atom. The highest BCUT2D eigenvalue weighted by atomic mass is 35.5. The van der Waals surface area contributed by atoms with Gasteiger partial charge in [0.05, 0.1) is 30.3 Å². The van der Waals surface area contributed by atoms with Crippen LogP contribution in [0.15, 0.2) is 41.3 Å². The van der Waals surface area contributed by atoms with Gasteiger partial charge in [0.1, 0.15) is 10.6 Å². The van der Waals surface area contributed by atoms with E-state index >= 15 is 0 Å². The first kappa shape index (κ1) is 22.9. The molecule has 1 aliphatic carbocycles. The number of hydrogen-bond acceptors (Lipinski definition) is 5. The van der Waals surface area contributed by atoms with Crippen LogP contribution in [0, 0.1) is 17.6 Å². The Labute approximate surface area is 179 Å². The van der Waals surface area contributed by atoms with Crippen molar-refractivity contribution in [2.75, 3.05) is 19.8 Å². The molecule has 0 radical (unpaired) electrons. The minimum atomic E-state index is -4.00. The number of rotatable bonds is 3. The van der Waals surface area contributed by atoms with Crippen molar-refractivity contribution in [1.82, 2.24) is 0 Å². The summed E-state index contributed by atoms with van der Waals surface area (Å²) in [5.74, 6) is -2.19. The van der Waals surface area contributed by atoms with Gasteiger partial charge in [-0.15, -0.1) is 0 Å². The Hall–Kier alpha value is -1.74. The molecular weight excluding hydrogens is 438 g/mol. The monoisotopic (exact) mass is 460 g/mol. The molecule has 2 aliphatic rings. The van der Waals surface area contributed by atoms with E-state index in [1.807, 2.05) is 0 Å². The Kier molecular flexibility index (Phi) is 7.02. The van der Waals surface area contributed by atoms with E-state index in [0.717, 1.165) is 18.6 Å². The third-order valence-corrected chi connectivity index (χ3v) is 8.47. The molecule has 1 heterocycles. The number of halogens is 3. The van der Waals surface area contributed by atoms with Gasteiger partial charge in [-0.1, -0.05) is 24.4 Å². The van der Waals surface area contributed by atoms with Crippen molar-refractivity contribution in [3.63, 3.8) is 0 Å². The summed E-state index contributed by atoms with van der Waals surface area (Å²) < 4.78 is 60.5. The van der Waals surface area contributed by atoms with E-state index in [-0.39, 0.29) is 42.4 Å². The van der Waals surface area contributed by atoms with Gasteiger partial charge in [-0.05, 0) is 49.2 Å². The molecule has 0 amide bonds. The van der Waals surface area contributed by atoms with Gasteiger partial charge in [0, 0.05) is 10.9 Å². The van der Waals surface area contributed by atoms with E-state index in [9.17, 15) is 17.2 Å². The molecule has 1 fully saturated rings. The molecule has 164 valence electrons. The molecule has 0 bridgehead atoms. The van der Waals surface area contributed by atoms with Crippen LogP contribution in [0.4, 0.5) is 8.78 Å². The third-order valence-electron chi connectivity index (χ3n) is 5.62. The smallest absolute Gasteiger partial charge is 0.188 e. The zero-order valence-corrected chi connectivity index (χ0v) is 17.7. The first-order valence-electron chi connectivity index (χ1n) is 9.62. The van der Waals surface area contributed by atoms with Crippen LogP contribution in [0.2, 0.25) is 5.02 Å². The number of hydrogen-bond donors (Lipinski definition) is 2. The molecule has 1 aliphatic heterocycles. The predicted octanol–water partition coefficient (Wildman–Crippen LogP) is 3.84. The van der Waals surface area contributed by atoms with Crippen molar-refractivity contribution < 1.29 is 32.1 Å². The molecule has 2 aromatic carbocycles. The Morgan fingerprint density at radius 1 is 1.03 bits per heavy atom. The Bertz CT molecular complexity index is 995. The first-order chi connectivity index (χ1) is 14.3. The molecular formula is C21H23ClF2O5S. The van der Waals surface area contributed by atoms with Crippen LogP contribution in [-0.4, -0.2) is 38.5 Å². The highest BCUT2D eigenvalue weighted by Crippen LogP contribution is 2.56. The minimum absolute atomic E-state index is 0.0557. The summed E-state index contributed by atoms with van der Waals surface area (Å²) in [6.45, 7) is -0.194. The summed E-state index contributed by atoms with van der Waals surface area (Å²) in [7, 11) is -4.00. The van der Waals surface area contributed by atoms with Crippen molar-refractivity contribution in [2.45, 2.75) is 35.3 Å². The maximum Gasteiger partial charge on any atom is 0.188 e. The third kappa shape index (κ3) is 3.82. The van der Waals surface area contributed by atoms with Crippen molar-refractivity contribution in [3.8, 4) is 5.75 Å². The topological polar surface area (TPSA) is 83.8 Å². The van der Waals surface area contributed by atoms with Crippen LogP contribution in [0.5, 0.6) is 5.75 Å². The zero-order valence-electron chi connectivity index (χ0n) is 16.2. The van der Waals surface area contributed by atoms with E-state index in [2.05, 4.69) is 0 Å². The summed E-state index contributed by atoms with van der Waals surface area (Å²) in [5.41, 5.74) is -0.164. The van der Waals surface area contributed by atoms with Gasteiger partial charge in [0.15, 0.2) is 21.4 Å². The highest BCUT2D eigenvalue weighted by Gasteiger charge is 2.58. The molecule has 0 spiro atoms. The number of ether oxygens (including phenoxy) is 1. The van der Waals surface area contributed by atoms with Gasteiger partial charge < -0.3 is 14.9 Å². The first-order valence-corrected chi connectivity index (χ1v) is 11.5. The van der Waals surface area contributed by atoms with E-state index in [4.69, 9.17) is 26.6 Å². The molecule has 4 rings (SSSR count). The fraction of sp³-hybridized carbons (Fsp3) is 0.429. The average molecular weight is 461 g/mol. The predicted molar refractivity (Wildman–Crippen MR) is 108 cm³/mol. The number of fused-ring (bicyclic) bond motifs is 3. The van der Waals surface area contributed by atoms with E-state index in [1.54, 1.807) is 0 Å². The van der Waals surface area contributed by atoms with Crippen molar-refractivity contribution in [1.29, 1.82) is 0 Å². The Morgan fingerprint density at radius 2 is 1.67 bits per heavy atom. The molecule has 2 aromatic rings. The highest BCUT2D eigenvalue weighted by molar-refractivity contribution is 7.92. The van der Waals surface area contributed by atoms with E-state index in [0.29, 0.717) is 17.9 Å². The number of aliphatic hydroxyl groups is 2. The van der Waals surface area contributed by atoms with Crippen molar-refractivity contribution in [2.24, 2.45) is 5.92 Å². The lowest BCUT2D eigenvalue weighted by molar-refractivity contribution is 0.124. The zero-order chi connectivity index (χ0) is 21.9. The quantitative estimate of drug-likeness (QED) is 0.727. The van der Waals surface area contributed by atoms with Crippen LogP contribution in [0.25, 0.3) is 0 Å². The normalized spacial score (nSPS) is 22.8. The van der Waals surface area contributed by atoms with Gasteiger partial charge >= 0.3 is 0 Å². The van der Waals surface area contributed by atoms with Gasteiger partial charge in [0.25, 0.3) is 0 Å². The Balaban J connectivity index is 0.000000589. The van der Waals surface area contributed by atoms with Gasteiger partial charge in [0.2, 0.25) is 0 Å². The largest absolute Gasteiger partial charge is 0.490 e. The fourth-order valence-electron chi connectivity index (χ4n) is 4.33. The molecule has 0 saturated heterocycles. The maximum absolute atomic E-state index is 14.8. The van der Waals surface area contributed by atoms with Gasteiger partial charge in [-0.3, -0.25) is 0 Å². The maximum atomic E-state index is 14.8. The summed E-state index contributed by atoms with van der Waals surface area (Å²) in [5, 5.41) is 15.7. The standard InChI is InChI=1S/C19H17ClF2O3S.C2H6O2/c20-13-4-6-14(7-5-13)26(23,24)19-10-2-1-3-12(19)11-25-18-16(22)9-8-15(21)17(18)19;3-1-2-4/h4-9,12H,1-3,10-11H2;3-4H,1-2H2/t12?,19-;/m0./s1. The number of sulfone groups is 1. The van der Waals surface area contributed by atoms with Gasteiger partial charge in [-0.2, -0.15) is 0 Å². The van der Waals surface area contributed by atoms with Crippen LogP contribution >= 0.6 is 11.6 Å². The summed E-state index contributed by atoms with van der Waals surface area (Å²) in [4.78, 5) is 0.0605. The van der Waals surface area contributed by atoms with Crippen LogP contribution in [0.3, 0.4) is 0 Å². The minimum Gasteiger partial charge on any atom is -0.490 e. The van der Waals surface area contributed by atoms with E-state index in [1.165, 1.54) is 24.3 Å². The molecule has 30 heavy (non-hydrogen) atoms. The molecule has 2 atom stereocenters. The second kappa shape index (κ2) is 9.18. The van der Waals surface area contributed by atoms with Crippen LogP contribution < -0.4 is 4.74 Å². The number of benzene rings is 2. The molecule has 1 unspecified atom stereocenters. The van der Waals surface area contributed by atoms with Crippen LogP contribution in [0.1, 0.15) is 31.2 Å². The number of aliphatic hydroxyl groups excluding tert-OH is 2. The van der Waals surface area contributed by atoms with Gasteiger partial charge in [-0.25, -0.2) is 17.2 Å². The molecule has 0 aromatic heterocycles. The average Bonchev–Trinajstić information content (AvgIpc) is 2.76. The molecule has 9 heteroatoms. The summed E-state index contributed by atoms with van der Waals surface area (Å²) >= 11 is 5.89. The van der Waals surface area contributed by atoms with Crippen molar-refractivity contribution >= 4 is 21.4 Å². The molecule has 1 saturated carbocycles. The van der Waals surface area contributed by atoms with Crippen molar-refractivity contribution in [3.05, 3.63) is 58.6 Å². The molecule has 2 N–H and O–H groups in total. The fourth-order valence-corrected chi connectivity index (χ4v) is 6.87. The second-order valence-electron chi connectivity index (χ2n) is 7.28. The second-order valence-corrected chi connectivity index (χ2v) is 9.92. The van der Waals surface area contributed by atoms with Crippen LogP contribution in [-0.2, 0) is 14.6 Å². The summed E-state index contributed by atoms with van der Waals surface area (Å²) in [6.07, 6.45) is 2.28. The lowest BCUT2D eigenvalue weighted by atomic mass is 9.73. The van der Waals surface area contributed by atoms with E-state index < -0.39 is 32.1 Å². The lowest BCUT2D eigenvalue weighted by Crippen LogP contribution is -2.50. The molecule has 5 nitrogen and oxygen atoms in total. The summed E-state index contributed by atoms with van der Waals surface area (Å²) in [6, 6.07) is 7.78. The lowest BCUT2D eigenvalue weighted by Gasteiger charge is -2.47. The SMILES string of the molecule is O=S(=O)(c1ccc(Cl)cc1)[C@@]12CCCCC1COc1c(F)ccc(F)c12.OCCO.